The molecule has 332 valence electrons. The number of aryl methyl sites for hydroxylation is 1. The number of alkyl carbamates (subject to hydrolysis) is 2. The van der Waals surface area contributed by atoms with Crippen LogP contribution in [0.15, 0.2) is 85.2 Å². The van der Waals surface area contributed by atoms with Crippen LogP contribution in [-0.2, 0) is 26.1 Å². The molecule has 4 atom stereocenters. The van der Waals surface area contributed by atoms with E-state index in [1.54, 1.807) is 34.3 Å². The van der Waals surface area contributed by atoms with E-state index in [-0.39, 0.29) is 29.8 Å². The maximum absolute atomic E-state index is 13.9. The number of imidazole rings is 3. The maximum atomic E-state index is 13.9. The molecule has 0 radical (unpaired) electrons. The van der Waals surface area contributed by atoms with E-state index in [1.165, 1.54) is 14.2 Å². The summed E-state index contributed by atoms with van der Waals surface area (Å²) < 4.78 is 11.7. The molecular formula is C49H50N10O6. The minimum absolute atomic E-state index is 0.150. The minimum atomic E-state index is -0.920. The van der Waals surface area contributed by atoms with Gasteiger partial charge in [-0.1, -0.05) is 80.4 Å². The largest absolute Gasteiger partial charge is 0.453 e. The van der Waals surface area contributed by atoms with Crippen molar-refractivity contribution in [2.45, 2.75) is 63.7 Å². The monoisotopic (exact) mass is 874 g/mol. The Labute approximate surface area is 376 Å². The minimum Gasteiger partial charge on any atom is -0.453 e. The average Bonchev–Trinajstić information content (AvgIpc) is 4.19. The van der Waals surface area contributed by atoms with Gasteiger partial charge in [-0.15, -0.1) is 0 Å². The Bertz CT molecular complexity index is 2840. The predicted molar refractivity (Wildman–Crippen MR) is 242 cm³/mol. The molecule has 8 rings (SSSR count). The third kappa shape index (κ3) is 9.15. The smallest absolute Gasteiger partial charge is 0.407 e. The first-order valence-corrected chi connectivity index (χ1v) is 21.6. The van der Waals surface area contributed by atoms with Crippen LogP contribution in [0.5, 0.6) is 0 Å². The van der Waals surface area contributed by atoms with E-state index < -0.39 is 24.3 Å². The van der Waals surface area contributed by atoms with Gasteiger partial charge in [-0.2, -0.15) is 0 Å². The number of ether oxygens (including phenoxy) is 2. The number of amides is 4. The highest BCUT2D eigenvalue weighted by Gasteiger charge is 2.39. The van der Waals surface area contributed by atoms with Crippen LogP contribution in [0.3, 0.4) is 0 Å². The molecule has 5 heterocycles. The standard InChI is InChI=1S/C49H50N10O6/c1-30(2)39(55-48(62)64-4)46(60)58-26-15-23-38(58)44-51-29-36(53-44)35-25-24-32(42-41(35)54-45(57(42)3)33-19-10-7-11-20-33)18-12-13-21-34-28-50-43(52-34)37-22-14-27-59(37)47(61)40(56-49(63)65-5)31-16-8-6-9-17-31/h6-11,16-17,19-20,24-25,28-30,37-40H,14-15,22-23,26-27H2,1-5H3,(H,50,52)(H,51,53)(H,55,62)(H,56,63)/t37-,38-,39-,40+/m0/s1. The number of likely N-dealkylation sites (tertiary alicyclic amines) is 2. The number of fused-ring (bicyclic) bond motifs is 1. The highest BCUT2D eigenvalue weighted by atomic mass is 16.5. The third-order valence-electron chi connectivity index (χ3n) is 11.9. The second kappa shape index (κ2) is 19.3. The quantitative estimate of drug-likeness (QED) is 0.110. The summed E-state index contributed by atoms with van der Waals surface area (Å²) in [5, 5.41) is 5.40. The van der Waals surface area contributed by atoms with Crippen molar-refractivity contribution in [1.29, 1.82) is 0 Å². The molecule has 0 unspecified atom stereocenters. The molecule has 4 amide bonds. The van der Waals surface area contributed by atoms with Crippen molar-refractivity contribution in [3.05, 3.63) is 114 Å². The number of carbonyl (C=O) groups excluding carboxylic acids is 4. The molecule has 2 aliphatic rings. The second-order valence-corrected chi connectivity index (χ2v) is 16.3. The number of rotatable bonds is 10. The Morgan fingerprint density at radius 2 is 1.37 bits per heavy atom. The van der Waals surface area contributed by atoms with Crippen molar-refractivity contribution in [3.8, 4) is 46.3 Å². The lowest BCUT2D eigenvalue weighted by Crippen LogP contribution is -2.51. The molecule has 3 aromatic heterocycles. The molecule has 16 heteroatoms. The number of hydrogen-bond donors (Lipinski definition) is 4. The van der Waals surface area contributed by atoms with Crippen LogP contribution in [0.2, 0.25) is 0 Å². The number of methoxy groups -OCH3 is 2. The number of H-pyrrole nitrogens is 2. The Kier molecular flexibility index (Phi) is 13.0. The fourth-order valence-corrected chi connectivity index (χ4v) is 8.68. The fraction of sp³-hybridized carbons (Fsp3) is 0.327. The number of carbonyl (C=O) groups is 4. The van der Waals surface area contributed by atoms with Crippen LogP contribution < -0.4 is 10.6 Å². The molecule has 0 bridgehead atoms. The molecule has 0 saturated carbocycles. The average molecular weight is 875 g/mol. The first-order chi connectivity index (χ1) is 31.6. The van der Waals surface area contributed by atoms with Crippen LogP contribution in [0.25, 0.3) is 33.7 Å². The van der Waals surface area contributed by atoms with E-state index in [9.17, 15) is 19.2 Å². The second-order valence-electron chi connectivity index (χ2n) is 16.3. The molecule has 3 aromatic carbocycles. The van der Waals surface area contributed by atoms with Gasteiger partial charge < -0.3 is 44.4 Å². The molecule has 2 saturated heterocycles. The van der Waals surface area contributed by atoms with E-state index in [0.29, 0.717) is 47.9 Å². The van der Waals surface area contributed by atoms with Crippen LogP contribution in [0.4, 0.5) is 9.59 Å². The zero-order valence-corrected chi connectivity index (χ0v) is 36.8. The number of aromatic amines is 2. The van der Waals surface area contributed by atoms with Crippen LogP contribution in [-0.4, -0.2) is 96.6 Å². The molecule has 65 heavy (non-hydrogen) atoms. The predicted octanol–water partition coefficient (Wildman–Crippen LogP) is 6.56. The topological polar surface area (TPSA) is 192 Å². The first-order valence-electron chi connectivity index (χ1n) is 21.6. The molecule has 2 fully saturated rings. The Morgan fingerprint density at radius 1 is 0.754 bits per heavy atom. The van der Waals surface area contributed by atoms with Gasteiger partial charge in [-0.3, -0.25) is 9.59 Å². The Hall–Kier alpha value is -7.85. The van der Waals surface area contributed by atoms with Gasteiger partial charge >= 0.3 is 12.2 Å². The summed E-state index contributed by atoms with van der Waals surface area (Å²) in [4.78, 5) is 76.9. The van der Waals surface area contributed by atoms with Crippen molar-refractivity contribution in [2.24, 2.45) is 13.0 Å². The van der Waals surface area contributed by atoms with Crippen LogP contribution in [0.1, 0.15) is 86.1 Å². The van der Waals surface area contributed by atoms with Crippen LogP contribution in [0, 0.1) is 29.6 Å². The summed E-state index contributed by atoms with van der Waals surface area (Å²) in [5.74, 6) is 13.7. The van der Waals surface area contributed by atoms with Gasteiger partial charge in [0.05, 0.1) is 61.0 Å². The number of nitrogens with one attached hydrogen (secondary N) is 4. The lowest BCUT2D eigenvalue weighted by molar-refractivity contribution is -0.135. The number of hydrogen-bond acceptors (Lipinski definition) is 9. The SMILES string of the molecule is COC(=O)N[C@H](C(=O)N1CCC[C@H]1c1ncc(-c2ccc(C#CC#Cc3cnc([C@@H]4CCCN4C(=O)[C@H](NC(=O)OC)c4ccccc4)[nH]3)c3c2nc(-c2ccccc2)n3C)[nH]1)C(C)C. The van der Waals surface area contributed by atoms with Gasteiger partial charge in [0.15, 0.2) is 0 Å². The summed E-state index contributed by atoms with van der Waals surface area (Å²) in [7, 11) is 4.51. The van der Waals surface area contributed by atoms with E-state index in [4.69, 9.17) is 19.4 Å². The summed E-state index contributed by atoms with van der Waals surface area (Å²) in [6.45, 7) is 4.83. The maximum Gasteiger partial charge on any atom is 0.407 e. The van der Waals surface area contributed by atoms with Gasteiger partial charge in [-0.05, 0) is 67.1 Å². The molecule has 4 N–H and O–H groups in total. The molecule has 2 aliphatic heterocycles. The zero-order chi connectivity index (χ0) is 45.6. The van der Waals surface area contributed by atoms with Crippen molar-refractivity contribution in [2.75, 3.05) is 27.3 Å². The summed E-state index contributed by atoms with van der Waals surface area (Å²) in [6, 6.07) is 20.6. The third-order valence-corrected chi connectivity index (χ3v) is 11.9. The number of benzene rings is 3. The highest BCUT2D eigenvalue weighted by Crippen LogP contribution is 2.37. The lowest BCUT2D eigenvalue weighted by atomic mass is 10.0. The van der Waals surface area contributed by atoms with Crippen LogP contribution >= 0.6 is 0 Å². The van der Waals surface area contributed by atoms with Gasteiger partial charge in [0.25, 0.3) is 5.91 Å². The zero-order valence-electron chi connectivity index (χ0n) is 36.8. The molecule has 0 spiro atoms. The first kappa shape index (κ1) is 43.8. The van der Waals surface area contributed by atoms with Gasteiger partial charge in [0.2, 0.25) is 5.91 Å². The number of nitrogens with zero attached hydrogens (tertiary/aromatic N) is 6. The van der Waals surface area contributed by atoms with Crippen molar-refractivity contribution in [1.82, 2.24) is 49.9 Å². The highest BCUT2D eigenvalue weighted by molar-refractivity contribution is 5.97. The van der Waals surface area contributed by atoms with Gasteiger partial charge in [0, 0.05) is 31.3 Å². The van der Waals surface area contributed by atoms with Crippen molar-refractivity contribution >= 4 is 35.0 Å². The van der Waals surface area contributed by atoms with E-state index in [2.05, 4.69) is 49.3 Å². The molecule has 0 aliphatic carbocycles. The van der Waals surface area contributed by atoms with E-state index in [0.717, 1.165) is 53.0 Å². The normalized spacial score (nSPS) is 16.6. The molecular weight excluding hydrogens is 825 g/mol. The Balaban J connectivity index is 1.05. The summed E-state index contributed by atoms with van der Waals surface area (Å²) in [5.41, 5.74) is 5.94. The fourth-order valence-electron chi connectivity index (χ4n) is 8.68. The summed E-state index contributed by atoms with van der Waals surface area (Å²) in [6.07, 6.45) is 5.04. The number of aromatic nitrogens is 6. The van der Waals surface area contributed by atoms with E-state index in [1.807, 2.05) is 86.1 Å². The molecule has 6 aromatic rings. The van der Waals surface area contributed by atoms with E-state index >= 15 is 0 Å². The molecule has 16 nitrogen and oxygen atoms in total. The summed E-state index contributed by atoms with van der Waals surface area (Å²) >= 11 is 0. The van der Waals surface area contributed by atoms with Gasteiger partial charge in [-0.25, -0.2) is 24.5 Å². The lowest BCUT2D eigenvalue weighted by Gasteiger charge is -2.30. The van der Waals surface area contributed by atoms with Gasteiger partial charge in [0.1, 0.15) is 35.3 Å². The van der Waals surface area contributed by atoms with Crippen molar-refractivity contribution in [3.63, 3.8) is 0 Å². The Morgan fingerprint density at radius 3 is 2.05 bits per heavy atom. The van der Waals surface area contributed by atoms with Crippen molar-refractivity contribution < 1.29 is 28.7 Å².